The van der Waals surface area contributed by atoms with E-state index in [9.17, 15) is 14.0 Å². The molecular formula is C21H23FN2O4. The number of carbonyl (C=O) groups is 2. The van der Waals surface area contributed by atoms with Crippen LogP contribution in [0.1, 0.15) is 28.8 Å². The number of ether oxygens (including phenoxy) is 1. The number of esters is 1. The van der Waals surface area contributed by atoms with E-state index in [4.69, 9.17) is 9.84 Å². The molecule has 0 radical (unpaired) electrons. The van der Waals surface area contributed by atoms with Gasteiger partial charge < -0.3 is 20.1 Å². The van der Waals surface area contributed by atoms with Gasteiger partial charge in [0, 0.05) is 30.4 Å². The number of hydrogen-bond donors (Lipinski definition) is 2. The van der Waals surface area contributed by atoms with E-state index in [0.717, 1.165) is 12.8 Å². The molecule has 0 bridgehead atoms. The van der Waals surface area contributed by atoms with Crippen LogP contribution < -0.4 is 5.32 Å². The van der Waals surface area contributed by atoms with E-state index in [2.05, 4.69) is 5.32 Å². The van der Waals surface area contributed by atoms with Crippen molar-refractivity contribution in [2.24, 2.45) is 0 Å². The van der Waals surface area contributed by atoms with Gasteiger partial charge in [-0.25, -0.2) is 9.18 Å². The zero-order chi connectivity index (χ0) is 19.9. The third-order valence-electron chi connectivity index (χ3n) is 4.51. The van der Waals surface area contributed by atoms with Crippen molar-refractivity contribution in [2.45, 2.75) is 25.4 Å². The van der Waals surface area contributed by atoms with Crippen molar-refractivity contribution in [1.29, 1.82) is 0 Å². The van der Waals surface area contributed by atoms with Gasteiger partial charge in [-0.2, -0.15) is 0 Å². The van der Waals surface area contributed by atoms with Crippen molar-refractivity contribution < 1.29 is 23.8 Å². The SMILES string of the molecule is O=C(OCC(=O)N(Cc1ccccc1F)C1CC1)c1ccccc1NCCO. The highest BCUT2D eigenvalue weighted by Crippen LogP contribution is 2.29. The van der Waals surface area contributed by atoms with Crippen molar-refractivity contribution in [2.75, 3.05) is 25.1 Å². The second kappa shape index (κ2) is 9.32. The number of benzene rings is 2. The molecule has 1 fully saturated rings. The second-order valence-corrected chi connectivity index (χ2v) is 6.62. The van der Waals surface area contributed by atoms with Gasteiger partial charge in [0.25, 0.3) is 5.91 Å². The smallest absolute Gasteiger partial charge is 0.340 e. The molecule has 2 aromatic carbocycles. The molecular weight excluding hydrogens is 363 g/mol. The van der Waals surface area contributed by atoms with Crippen LogP contribution in [0.15, 0.2) is 48.5 Å². The number of amides is 1. The van der Waals surface area contributed by atoms with E-state index in [0.29, 0.717) is 17.8 Å². The van der Waals surface area contributed by atoms with Gasteiger partial charge in [0.15, 0.2) is 6.61 Å². The first-order valence-corrected chi connectivity index (χ1v) is 9.24. The van der Waals surface area contributed by atoms with Crippen LogP contribution in [0.5, 0.6) is 0 Å². The number of carbonyl (C=O) groups excluding carboxylic acids is 2. The Morgan fingerprint density at radius 1 is 1.14 bits per heavy atom. The molecule has 0 heterocycles. The molecule has 1 saturated carbocycles. The van der Waals surface area contributed by atoms with E-state index < -0.39 is 12.6 Å². The maximum atomic E-state index is 13.9. The number of nitrogens with one attached hydrogen (secondary N) is 1. The third kappa shape index (κ3) is 5.07. The fourth-order valence-electron chi connectivity index (χ4n) is 2.91. The van der Waals surface area contributed by atoms with E-state index in [-0.39, 0.29) is 36.5 Å². The first-order chi connectivity index (χ1) is 13.6. The Morgan fingerprint density at radius 2 is 1.86 bits per heavy atom. The Kier molecular flexibility index (Phi) is 6.60. The lowest BCUT2D eigenvalue weighted by Crippen LogP contribution is -2.36. The molecule has 0 atom stereocenters. The van der Waals surface area contributed by atoms with Gasteiger partial charge in [0.2, 0.25) is 0 Å². The molecule has 28 heavy (non-hydrogen) atoms. The zero-order valence-electron chi connectivity index (χ0n) is 15.4. The normalized spacial score (nSPS) is 13.1. The summed E-state index contributed by atoms with van der Waals surface area (Å²) in [6, 6.07) is 13.1. The molecule has 0 spiro atoms. The second-order valence-electron chi connectivity index (χ2n) is 6.62. The number of para-hydroxylation sites is 1. The average Bonchev–Trinajstić information content (AvgIpc) is 3.55. The number of anilines is 1. The molecule has 0 saturated heterocycles. The summed E-state index contributed by atoms with van der Waals surface area (Å²) < 4.78 is 19.1. The maximum absolute atomic E-state index is 13.9. The molecule has 0 aromatic heterocycles. The van der Waals surface area contributed by atoms with Gasteiger partial charge in [-0.3, -0.25) is 4.79 Å². The largest absolute Gasteiger partial charge is 0.452 e. The molecule has 1 amide bonds. The predicted molar refractivity (Wildman–Crippen MR) is 102 cm³/mol. The lowest BCUT2D eigenvalue weighted by atomic mass is 10.2. The van der Waals surface area contributed by atoms with Crippen LogP contribution in [0.4, 0.5) is 10.1 Å². The highest BCUT2D eigenvalue weighted by atomic mass is 19.1. The van der Waals surface area contributed by atoms with Crippen molar-refractivity contribution in [3.05, 3.63) is 65.5 Å². The first kappa shape index (κ1) is 19.8. The van der Waals surface area contributed by atoms with E-state index in [1.807, 2.05) is 0 Å². The van der Waals surface area contributed by atoms with E-state index in [1.165, 1.54) is 6.07 Å². The molecule has 2 N–H and O–H groups in total. The summed E-state index contributed by atoms with van der Waals surface area (Å²) in [4.78, 5) is 26.6. The zero-order valence-corrected chi connectivity index (χ0v) is 15.4. The van der Waals surface area contributed by atoms with Gasteiger partial charge in [-0.1, -0.05) is 30.3 Å². The molecule has 6 nitrogen and oxygen atoms in total. The maximum Gasteiger partial charge on any atom is 0.340 e. The Hall–Kier alpha value is -2.93. The summed E-state index contributed by atoms with van der Waals surface area (Å²) in [5.74, 6) is -1.34. The Morgan fingerprint density at radius 3 is 2.57 bits per heavy atom. The van der Waals surface area contributed by atoms with Crippen LogP contribution in [-0.4, -0.2) is 47.7 Å². The van der Waals surface area contributed by atoms with Crippen molar-refractivity contribution in [3.8, 4) is 0 Å². The standard InChI is InChI=1S/C21H23FN2O4/c22-18-7-3-1-5-15(18)13-24(16-9-10-16)20(26)14-28-21(27)17-6-2-4-8-19(17)23-11-12-25/h1-8,16,23,25H,9-14H2. The highest BCUT2D eigenvalue weighted by molar-refractivity contribution is 5.96. The fourth-order valence-corrected chi connectivity index (χ4v) is 2.91. The minimum absolute atomic E-state index is 0.0596. The highest BCUT2D eigenvalue weighted by Gasteiger charge is 2.33. The third-order valence-corrected chi connectivity index (χ3v) is 4.51. The monoisotopic (exact) mass is 386 g/mol. The van der Waals surface area contributed by atoms with Crippen LogP contribution >= 0.6 is 0 Å². The number of aliphatic hydroxyl groups excluding tert-OH is 1. The molecule has 148 valence electrons. The van der Waals surface area contributed by atoms with Crippen LogP contribution in [0.3, 0.4) is 0 Å². The lowest BCUT2D eigenvalue weighted by Gasteiger charge is -2.22. The summed E-state index contributed by atoms with van der Waals surface area (Å²) in [6.45, 7) is -0.0317. The van der Waals surface area contributed by atoms with Crippen LogP contribution in [-0.2, 0) is 16.1 Å². The number of halogens is 1. The molecule has 1 aliphatic rings. The minimum atomic E-state index is -0.629. The molecule has 7 heteroatoms. The lowest BCUT2D eigenvalue weighted by molar-refractivity contribution is -0.135. The van der Waals surface area contributed by atoms with Gasteiger partial charge in [0.1, 0.15) is 5.82 Å². The quantitative estimate of drug-likeness (QED) is 0.648. The summed E-state index contributed by atoms with van der Waals surface area (Å²) >= 11 is 0. The Labute approximate surface area is 162 Å². The average molecular weight is 386 g/mol. The molecule has 0 aliphatic heterocycles. The number of nitrogens with zero attached hydrogens (tertiary/aromatic N) is 1. The van der Waals surface area contributed by atoms with Gasteiger partial charge >= 0.3 is 5.97 Å². The van der Waals surface area contributed by atoms with Gasteiger partial charge in [-0.15, -0.1) is 0 Å². The number of aliphatic hydroxyl groups is 1. The predicted octanol–water partition coefficient (Wildman–Crippen LogP) is 2.58. The molecule has 2 aromatic rings. The van der Waals surface area contributed by atoms with Crippen molar-refractivity contribution >= 4 is 17.6 Å². The first-order valence-electron chi connectivity index (χ1n) is 9.24. The van der Waals surface area contributed by atoms with Crippen molar-refractivity contribution in [1.82, 2.24) is 4.90 Å². The number of hydrogen-bond acceptors (Lipinski definition) is 5. The summed E-state index contributed by atoms with van der Waals surface area (Å²) in [5.41, 5.74) is 1.25. The fraction of sp³-hybridized carbons (Fsp3) is 0.333. The molecule has 3 rings (SSSR count). The van der Waals surface area contributed by atoms with Crippen LogP contribution in [0, 0.1) is 5.82 Å². The van der Waals surface area contributed by atoms with Crippen LogP contribution in [0.2, 0.25) is 0 Å². The summed E-state index contributed by atoms with van der Waals surface area (Å²) in [7, 11) is 0. The minimum Gasteiger partial charge on any atom is -0.452 e. The molecule has 1 aliphatic carbocycles. The topological polar surface area (TPSA) is 78.9 Å². The Bertz CT molecular complexity index is 839. The van der Waals surface area contributed by atoms with E-state index >= 15 is 0 Å². The van der Waals surface area contributed by atoms with Crippen LogP contribution in [0.25, 0.3) is 0 Å². The van der Waals surface area contributed by atoms with E-state index in [1.54, 1.807) is 47.4 Å². The summed E-state index contributed by atoms with van der Waals surface area (Å²) in [6.07, 6.45) is 1.73. The van der Waals surface area contributed by atoms with Crippen molar-refractivity contribution in [3.63, 3.8) is 0 Å². The summed E-state index contributed by atoms with van der Waals surface area (Å²) in [5, 5.41) is 11.9. The molecule has 0 unspecified atom stereocenters. The van der Waals surface area contributed by atoms with Gasteiger partial charge in [0.05, 0.1) is 12.2 Å². The number of rotatable bonds is 9. The Balaban J connectivity index is 1.62. The van der Waals surface area contributed by atoms with Gasteiger partial charge in [-0.05, 0) is 31.0 Å².